The highest BCUT2D eigenvalue weighted by Gasteiger charge is 2.13. The van der Waals surface area contributed by atoms with Crippen LogP contribution in [0.15, 0.2) is 48.5 Å². The molecule has 25 heavy (non-hydrogen) atoms. The van der Waals surface area contributed by atoms with Crippen LogP contribution in [-0.4, -0.2) is 16.6 Å². The van der Waals surface area contributed by atoms with Crippen LogP contribution >= 0.6 is 11.8 Å². The summed E-state index contributed by atoms with van der Waals surface area (Å²) in [7, 11) is 0. The maximum absolute atomic E-state index is 12.1. The van der Waals surface area contributed by atoms with Gasteiger partial charge in [-0.1, -0.05) is 38.1 Å². The number of hydrogen-bond donors (Lipinski definition) is 1. The van der Waals surface area contributed by atoms with Crippen LogP contribution in [0.3, 0.4) is 0 Å². The lowest BCUT2D eigenvalue weighted by Crippen LogP contribution is -2.14. The standard InChI is InChI=1S/C19H22N2O3S/c1-13(2)15-7-9-17(10-8-15)20-19(22)12-25-14(3)16-5-4-6-18(11-16)21(23)24/h4-11,13-14H,12H2,1-3H3,(H,20,22)/t14-/m0/s1. The van der Waals surface area contributed by atoms with E-state index in [1.807, 2.05) is 37.3 Å². The van der Waals surface area contributed by atoms with Gasteiger partial charge in [0, 0.05) is 23.1 Å². The minimum atomic E-state index is -0.408. The molecule has 2 aromatic rings. The molecule has 1 amide bonds. The molecule has 1 N–H and O–H groups in total. The number of nitrogens with one attached hydrogen (secondary N) is 1. The first-order valence-electron chi connectivity index (χ1n) is 8.12. The number of thioether (sulfide) groups is 1. The summed E-state index contributed by atoms with van der Waals surface area (Å²) < 4.78 is 0. The number of carbonyl (C=O) groups excluding carboxylic acids is 1. The highest BCUT2D eigenvalue weighted by molar-refractivity contribution is 8.00. The Morgan fingerprint density at radius 3 is 2.40 bits per heavy atom. The highest BCUT2D eigenvalue weighted by atomic mass is 32.2. The fourth-order valence-electron chi connectivity index (χ4n) is 2.34. The van der Waals surface area contributed by atoms with Crippen LogP contribution < -0.4 is 5.32 Å². The number of anilines is 1. The molecule has 0 unspecified atom stereocenters. The molecule has 2 aromatic carbocycles. The minimum absolute atomic E-state index is 0.00559. The monoisotopic (exact) mass is 358 g/mol. The molecule has 0 fully saturated rings. The van der Waals surface area contributed by atoms with Crippen molar-refractivity contribution in [2.75, 3.05) is 11.1 Å². The molecule has 5 nitrogen and oxygen atoms in total. The first-order valence-corrected chi connectivity index (χ1v) is 9.17. The molecule has 0 saturated carbocycles. The Kier molecular flexibility index (Phi) is 6.58. The van der Waals surface area contributed by atoms with Crippen LogP contribution in [0.4, 0.5) is 11.4 Å². The minimum Gasteiger partial charge on any atom is -0.325 e. The van der Waals surface area contributed by atoms with Crippen molar-refractivity contribution in [3.8, 4) is 0 Å². The summed E-state index contributed by atoms with van der Waals surface area (Å²) in [6.45, 7) is 6.19. The lowest BCUT2D eigenvalue weighted by molar-refractivity contribution is -0.384. The topological polar surface area (TPSA) is 72.2 Å². The average Bonchev–Trinajstić information content (AvgIpc) is 2.60. The largest absolute Gasteiger partial charge is 0.325 e. The lowest BCUT2D eigenvalue weighted by atomic mass is 10.0. The quantitative estimate of drug-likeness (QED) is 0.549. The predicted octanol–water partition coefficient (Wildman–Crippen LogP) is 5.15. The Morgan fingerprint density at radius 2 is 1.80 bits per heavy atom. The molecule has 0 spiro atoms. The third kappa shape index (κ3) is 5.60. The Hall–Kier alpha value is -2.34. The van der Waals surface area contributed by atoms with Gasteiger partial charge in [0.05, 0.1) is 10.7 Å². The van der Waals surface area contributed by atoms with Gasteiger partial charge in [-0.05, 0) is 36.1 Å². The zero-order chi connectivity index (χ0) is 18.4. The van der Waals surface area contributed by atoms with Crippen molar-refractivity contribution >= 4 is 29.0 Å². The molecular formula is C19H22N2O3S. The molecule has 0 radical (unpaired) electrons. The van der Waals surface area contributed by atoms with E-state index >= 15 is 0 Å². The van der Waals surface area contributed by atoms with E-state index in [-0.39, 0.29) is 22.6 Å². The second-order valence-electron chi connectivity index (χ2n) is 6.13. The maximum atomic E-state index is 12.1. The zero-order valence-electron chi connectivity index (χ0n) is 14.6. The van der Waals surface area contributed by atoms with Crippen molar-refractivity contribution in [1.29, 1.82) is 0 Å². The summed E-state index contributed by atoms with van der Waals surface area (Å²) in [6, 6.07) is 14.4. The van der Waals surface area contributed by atoms with Gasteiger partial charge in [-0.25, -0.2) is 0 Å². The van der Waals surface area contributed by atoms with Gasteiger partial charge in [-0.15, -0.1) is 11.8 Å². The summed E-state index contributed by atoms with van der Waals surface area (Å²) >= 11 is 1.45. The van der Waals surface area contributed by atoms with Gasteiger partial charge in [-0.2, -0.15) is 0 Å². The number of non-ortho nitro benzene ring substituents is 1. The van der Waals surface area contributed by atoms with E-state index in [0.29, 0.717) is 5.92 Å². The smallest absolute Gasteiger partial charge is 0.269 e. The SMILES string of the molecule is CC(C)c1ccc(NC(=O)CS[C@@H](C)c2cccc([N+](=O)[O-])c2)cc1. The van der Waals surface area contributed by atoms with Crippen molar-refractivity contribution in [2.24, 2.45) is 0 Å². The molecule has 2 rings (SSSR count). The van der Waals surface area contributed by atoms with Crippen LogP contribution in [0.5, 0.6) is 0 Å². The van der Waals surface area contributed by atoms with Gasteiger partial charge >= 0.3 is 0 Å². The van der Waals surface area contributed by atoms with Gasteiger partial charge in [0.15, 0.2) is 0 Å². The van der Waals surface area contributed by atoms with Gasteiger partial charge in [0.25, 0.3) is 5.69 Å². The van der Waals surface area contributed by atoms with Crippen LogP contribution in [-0.2, 0) is 4.79 Å². The molecule has 0 bridgehead atoms. The van der Waals surface area contributed by atoms with Crippen LogP contribution in [0, 0.1) is 10.1 Å². The van der Waals surface area contributed by atoms with Gasteiger partial charge in [0.2, 0.25) is 5.91 Å². The fraction of sp³-hybridized carbons (Fsp3) is 0.316. The molecule has 0 aliphatic rings. The van der Waals surface area contributed by atoms with E-state index < -0.39 is 4.92 Å². The maximum Gasteiger partial charge on any atom is 0.269 e. The number of nitrogens with zero attached hydrogens (tertiary/aromatic N) is 1. The first kappa shape index (κ1) is 19.0. The second-order valence-corrected chi connectivity index (χ2v) is 7.46. The van der Waals surface area contributed by atoms with E-state index in [4.69, 9.17) is 0 Å². The van der Waals surface area contributed by atoms with Crippen LogP contribution in [0.1, 0.15) is 43.1 Å². The average molecular weight is 358 g/mol. The summed E-state index contributed by atoms with van der Waals surface area (Å²) in [6.07, 6.45) is 0. The van der Waals surface area contributed by atoms with E-state index in [1.165, 1.54) is 23.4 Å². The molecule has 0 aromatic heterocycles. The molecule has 0 heterocycles. The first-order chi connectivity index (χ1) is 11.9. The summed E-state index contributed by atoms with van der Waals surface area (Å²) in [5.74, 6) is 0.658. The Morgan fingerprint density at radius 1 is 1.12 bits per heavy atom. The third-order valence-electron chi connectivity index (χ3n) is 3.88. The summed E-state index contributed by atoms with van der Waals surface area (Å²) in [5, 5.41) is 13.7. The molecule has 0 saturated heterocycles. The zero-order valence-corrected chi connectivity index (χ0v) is 15.4. The van der Waals surface area contributed by atoms with Crippen LogP contribution in [0.2, 0.25) is 0 Å². The van der Waals surface area contributed by atoms with E-state index in [0.717, 1.165) is 11.3 Å². The Labute approximate surface area is 152 Å². The number of nitro benzene ring substituents is 1. The summed E-state index contributed by atoms with van der Waals surface area (Å²) in [5.41, 5.74) is 2.91. The van der Waals surface area contributed by atoms with E-state index in [2.05, 4.69) is 19.2 Å². The van der Waals surface area contributed by atoms with E-state index in [1.54, 1.807) is 12.1 Å². The molecule has 0 aliphatic heterocycles. The molecule has 6 heteroatoms. The summed E-state index contributed by atoms with van der Waals surface area (Å²) in [4.78, 5) is 22.5. The van der Waals surface area contributed by atoms with Gasteiger partial charge < -0.3 is 5.32 Å². The van der Waals surface area contributed by atoms with E-state index in [9.17, 15) is 14.9 Å². The van der Waals surface area contributed by atoms with Crippen molar-refractivity contribution in [1.82, 2.24) is 0 Å². The lowest BCUT2D eigenvalue weighted by Gasteiger charge is -2.12. The molecule has 0 aliphatic carbocycles. The fourth-order valence-corrected chi connectivity index (χ4v) is 3.15. The predicted molar refractivity (Wildman–Crippen MR) is 103 cm³/mol. The third-order valence-corrected chi connectivity index (χ3v) is 5.08. The normalized spacial score (nSPS) is 12.0. The van der Waals surface area contributed by atoms with Crippen molar-refractivity contribution in [3.63, 3.8) is 0 Å². The number of nitro groups is 1. The van der Waals surface area contributed by atoms with Gasteiger partial charge in [0.1, 0.15) is 0 Å². The number of benzene rings is 2. The van der Waals surface area contributed by atoms with Crippen molar-refractivity contribution in [3.05, 3.63) is 69.8 Å². The van der Waals surface area contributed by atoms with Crippen LogP contribution in [0.25, 0.3) is 0 Å². The number of amides is 1. The molecule has 1 atom stereocenters. The van der Waals surface area contributed by atoms with Crippen molar-refractivity contribution < 1.29 is 9.72 Å². The Bertz CT molecular complexity index is 745. The number of carbonyl (C=O) groups is 1. The number of hydrogen-bond acceptors (Lipinski definition) is 4. The number of rotatable bonds is 7. The molecule has 132 valence electrons. The van der Waals surface area contributed by atoms with Gasteiger partial charge in [-0.3, -0.25) is 14.9 Å². The molecular weight excluding hydrogens is 336 g/mol. The highest BCUT2D eigenvalue weighted by Crippen LogP contribution is 2.30. The second kappa shape index (κ2) is 8.67. The Balaban J connectivity index is 1.88. The van der Waals surface area contributed by atoms with Crippen molar-refractivity contribution in [2.45, 2.75) is 31.9 Å².